The number of nitrogen functional groups attached to an aromatic ring is 1. The number of nitrogens with zero attached hydrogens (tertiary/aromatic N) is 3. The van der Waals surface area contributed by atoms with E-state index in [1.165, 1.54) is 9.80 Å². The molecule has 2 atom stereocenters. The van der Waals surface area contributed by atoms with Crippen LogP contribution in [0.4, 0.5) is 11.5 Å². The number of aryl methyl sites for hydroxylation is 2. The number of benzene rings is 3. The van der Waals surface area contributed by atoms with Gasteiger partial charge in [-0.05, 0) is 92.4 Å². The van der Waals surface area contributed by atoms with E-state index in [9.17, 15) is 19.2 Å². The van der Waals surface area contributed by atoms with E-state index in [0.29, 0.717) is 33.8 Å². The number of hydrogen-bond acceptors (Lipinski definition) is 7. The summed E-state index contributed by atoms with van der Waals surface area (Å²) in [5.41, 5.74) is 11.8. The molecule has 0 spiro atoms. The van der Waals surface area contributed by atoms with Crippen LogP contribution >= 0.6 is 0 Å². The molecule has 0 bridgehead atoms. The van der Waals surface area contributed by atoms with Crippen LogP contribution in [0.2, 0.25) is 0 Å². The number of pyridine rings is 1. The van der Waals surface area contributed by atoms with Gasteiger partial charge in [-0.2, -0.15) is 0 Å². The molecule has 5 rings (SSSR count). The zero-order chi connectivity index (χ0) is 33.1. The summed E-state index contributed by atoms with van der Waals surface area (Å²) in [5.74, 6) is -0.962. The van der Waals surface area contributed by atoms with Crippen LogP contribution in [0.3, 0.4) is 0 Å². The van der Waals surface area contributed by atoms with Crippen LogP contribution in [0.1, 0.15) is 61.6 Å². The normalized spacial score (nSPS) is 15.2. The monoisotopic (exact) mass is 619 g/mol. The molecule has 0 radical (unpaired) electrons. The molecule has 10 nitrogen and oxygen atoms in total. The van der Waals surface area contributed by atoms with Crippen molar-refractivity contribution in [2.24, 2.45) is 0 Å². The molecule has 1 aliphatic rings. The Morgan fingerprint density at radius 3 is 2.50 bits per heavy atom. The maximum Gasteiger partial charge on any atom is 0.338 e. The van der Waals surface area contributed by atoms with E-state index < -0.39 is 18.1 Å². The van der Waals surface area contributed by atoms with Crippen molar-refractivity contribution >= 4 is 35.2 Å². The molecule has 236 valence electrons. The van der Waals surface area contributed by atoms with Gasteiger partial charge in [-0.25, -0.2) is 9.78 Å². The Morgan fingerprint density at radius 1 is 1.00 bits per heavy atom. The van der Waals surface area contributed by atoms with Crippen molar-refractivity contribution in [3.63, 3.8) is 0 Å². The largest absolute Gasteiger partial charge is 0.460 e. The lowest BCUT2D eigenvalue weighted by molar-refractivity contribution is -0.122. The standard InChI is InChI=1S/C36H37N5O5/c1-21-9-11-29(22(2)15-21)36(45)46-20-23(3)39-33(42)28-8-6-7-25(16-28)19-41-24(4)34(43)40(5)31-17-26(10-12-30(31)35(41)44)27-13-14-38-32(37)18-27/h6-18,23-24H,19-20H2,1-5H3,(H2,37,38)(H,39,42)/t23-,24+/m0/s1. The van der Waals surface area contributed by atoms with Crippen LogP contribution in [0, 0.1) is 13.8 Å². The Balaban J connectivity index is 1.28. The molecule has 0 fully saturated rings. The van der Waals surface area contributed by atoms with Gasteiger partial charge in [0.2, 0.25) is 5.91 Å². The summed E-state index contributed by atoms with van der Waals surface area (Å²) in [4.78, 5) is 60.1. The lowest BCUT2D eigenvalue weighted by atomic mass is 10.0. The number of nitrogens with one attached hydrogen (secondary N) is 1. The van der Waals surface area contributed by atoms with E-state index in [-0.39, 0.29) is 30.9 Å². The molecule has 1 aromatic heterocycles. The third kappa shape index (κ3) is 6.76. The number of rotatable bonds is 8. The minimum atomic E-state index is -0.755. The minimum absolute atomic E-state index is 0.00265. The topological polar surface area (TPSA) is 135 Å². The minimum Gasteiger partial charge on any atom is -0.460 e. The van der Waals surface area contributed by atoms with Crippen LogP contribution in [0.15, 0.2) is 79.0 Å². The molecule has 46 heavy (non-hydrogen) atoms. The van der Waals surface area contributed by atoms with E-state index in [0.717, 1.165) is 22.3 Å². The Labute approximate surface area is 268 Å². The summed E-state index contributed by atoms with van der Waals surface area (Å²) in [7, 11) is 1.66. The third-order valence-electron chi connectivity index (χ3n) is 8.11. The van der Waals surface area contributed by atoms with Crippen molar-refractivity contribution in [2.75, 3.05) is 24.3 Å². The summed E-state index contributed by atoms with van der Waals surface area (Å²) < 4.78 is 5.45. The molecule has 0 aliphatic carbocycles. The van der Waals surface area contributed by atoms with Crippen molar-refractivity contribution in [1.29, 1.82) is 0 Å². The van der Waals surface area contributed by atoms with Crippen LogP contribution < -0.4 is 16.0 Å². The van der Waals surface area contributed by atoms with Gasteiger partial charge in [-0.15, -0.1) is 0 Å². The molecule has 2 heterocycles. The van der Waals surface area contributed by atoms with E-state index in [1.54, 1.807) is 63.5 Å². The Bertz CT molecular complexity index is 1840. The van der Waals surface area contributed by atoms with Gasteiger partial charge in [-0.3, -0.25) is 14.4 Å². The molecule has 3 N–H and O–H groups in total. The third-order valence-corrected chi connectivity index (χ3v) is 8.11. The van der Waals surface area contributed by atoms with Gasteiger partial charge in [0.15, 0.2) is 0 Å². The second-order valence-corrected chi connectivity index (χ2v) is 11.7. The first-order valence-corrected chi connectivity index (χ1v) is 15.0. The van der Waals surface area contributed by atoms with Gasteiger partial charge in [-0.1, -0.05) is 35.9 Å². The van der Waals surface area contributed by atoms with Gasteiger partial charge in [0.25, 0.3) is 11.8 Å². The molecule has 0 saturated heterocycles. The zero-order valence-electron chi connectivity index (χ0n) is 26.5. The lowest BCUT2D eigenvalue weighted by Gasteiger charge is -2.27. The predicted octanol–water partition coefficient (Wildman–Crippen LogP) is 4.93. The van der Waals surface area contributed by atoms with Crippen molar-refractivity contribution in [1.82, 2.24) is 15.2 Å². The number of carbonyl (C=O) groups is 4. The number of carbonyl (C=O) groups excluding carboxylic acids is 4. The Kier molecular flexibility index (Phi) is 9.18. The summed E-state index contributed by atoms with van der Waals surface area (Å²) >= 11 is 0. The number of aromatic nitrogens is 1. The number of hydrogen-bond donors (Lipinski definition) is 2. The average Bonchev–Trinajstić information content (AvgIpc) is 3.10. The van der Waals surface area contributed by atoms with Crippen LogP contribution in [-0.2, 0) is 16.1 Å². The second kappa shape index (κ2) is 13.2. The van der Waals surface area contributed by atoms with E-state index in [1.807, 2.05) is 50.2 Å². The number of amides is 3. The predicted molar refractivity (Wildman–Crippen MR) is 176 cm³/mol. The fourth-order valence-electron chi connectivity index (χ4n) is 5.55. The smallest absolute Gasteiger partial charge is 0.338 e. The van der Waals surface area contributed by atoms with Crippen molar-refractivity contribution in [3.05, 3.63) is 112 Å². The maximum absolute atomic E-state index is 13.9. The molecule has 10 heteroatoms. The number of ether oxygens (including phenoxy) is 1. The van der Waals surface area contributed by atoms with Gasteiger partial charge in [0, 0.05) is 25.4 Å². The summed E-state index contributed by atoms with van der Waals surface area (Å²) in [6.07, 6.45) is 1.61. The van der Waals surface area contributed by atoms with Crippen molar-refractivity contribution < 1.29 is 23.9 Å². The SMILES string of the molecule is Cc1ccc(C(=O)OC[C@H](C)NC(=O)c2cccc(CN3C(=O)c4ccc(-c5ccnc(N)c5)cc4N(C)C(=O)[C@H]3C)c2)c(C)c1. The molecule has 3 amide bonds. The fraction of sp³-hybridized carbons (Fsp3) is 0.250. The van der Waals surface area contributed by atoms with Gasteiger partial charge < -0.3 is 25.6 Å². The maximum atomic E-state index is 13.9. The molecular formula is C36H37N5O5. The first-order chi connectivity index (χ1) is 21.9. The van der Waals surface area contributed by atoms with Crippen molar-refractivity contribution in [2.45, 2.75) is 46.3 Å². The summed E-state index contributed by atoms with van der Waals surface area (Å²) in [6.45, 7) is 7.38. The van der Waals surface area contributed by atoms with E-state index >= 15 is 0 Å². The van der Waals surface area contributed by atoms with Crippen LogP contribution in [0.25, 0.3) is 11.1 Å². The Hall–Kier alpha value is -5.51. The number of nitrogens with two attached hydrogens (primary N) is 1. The molecule has 0 unspecified atom stereocenters. The quantitative estimate of drug-likeness (QED) is 0.267. The molecule has 1 aliphatic heterocycles. The van der Waals surface area contributed by atoms with Gasteiger partial charge in [0.1, 0.15) is 18.5 Å². The number of likely N-dealkylation sites (N-methyl/N-ethyl adjacent to an activating group) is 1. The summed E-state index contributed by atoms with van der Waals surface area (Å²) in [5, 5.41) is 2.86. The highest BCUT2D eigenvalue weighted by molar-refractivity contribution is 6.11. The lowest BCUT2D eigenvalue weighted by Crippen LogP contribution is -2.45. The number of anilines is 2. The second-order valence-electron chi connectivity index (χ2n) is 11.7. The summed E-state index contributed by atoms with van der Waals surface area (Å²) in [6, 6.07) is 20.1. The van der Waals surface area contributed by atoms with Crippen molar-refractivity contribution in [3.8, 4) is 11.1 Å². The fourth-order valence-corrected chi connectivity index (χ4v) is 5.55. The van der Waals surface area contributed by atoms with Crippen LogP contribution in [-0.4, -0.2) is 59.3 Å². The molecule has 4 aromatic rings. The van der Waals surface area contributed by atoms with Gasteiger partial charge in [0.05, 0.1) is 22.9 Å². The highest BCUT2D eigenvalue weighted by Crippen LogP contribution is 2.33. The highest BCUT2D eigenvalue weighted by atomic mass is 16.5. The highest BCUT2D eigenvalue weighted by Gasteiger charge is 2.36. The first kappa shape index (κ1) is 31.9. The molecule has 3 aromatic carbocycles. The average molecular weight is 620 g/mol. The Morgan fingerprint density at radius 2 is 1.76 bits per heavy atom. The molecular weight excluding hydrogens is 582 g/mol. The molecule has 0 saturated carbocycles. The number of esters is 1. The van der Waals surface area contributed by atoms with Crippen LogP contribution in [0.5, 0.6) is 0 Å². The van der Waals surface area contributed by atoms with E-state index in [4.69, 9.17) is 10.5 Å². The van der Waals surface area contributed by atoms with Gasteiger partial charge >= 0.3 is 5.97 Å². The number of fused-ring (bicyclic) bond motifs is 1. The zero-order valence-corrected chi connectivity index (χ0v) is 26.5. The first-order valence-electron chi connectivity index (χ1n) is 15.0. The van der Waals surface area contributed by atoms with E-state index in [2.05, 4.69) is 10.3 Å².